The largest absolute Gasteiger partial charge is 0.353 e. The van der Waals surface area contributed by atoms with Gasteiger partial charge in [-0.25, -0.2) is 0 Å². The van der Waals surface area contributed by atoms with Crippen molar-refractivity contribution in [2.75, 3.05) is 26.2 Å². The van der Waals surface area contributed by atoms with E-state index in [0.717, 1.165) is 44.8 Å². The van der Waals surface area contributed by atoms with Gasteiger partial charge in [-0.1, -0.05) is 0 Å². The third kappa shape index (κ3) is 3.11. The van der Waals surface area contributed by atoms with Crippen LogP contribution in [0.5, 0.6) is 0 Å². The van der Waals surface area contributed by atoms with Gasteiger partial charge in [-0.2, -0.15) is 0 Å². The number of carbonyl (C=O) groups excluding carboxylic acids is 1. The van der Waals surface area contributed by atoms with Crippen LogP contribution >= 0.6 is 0 Å². The number of nitrogens with zero attached hydrogens (tertiary/aromatic N) is 1. The topological polar surface area (TPSA) is 44.4 Å². The fourth-order valence-corrected chi connectivity index (χ4v) is 3.46. The van der Waals surface area contributed by atoms with Crippen LogP contribution in [0.15, 0.2) is 0 Å². The number of rotatable bonds is 3. The molecular formula is C15H27N3O. The van der Waals surface area contributed by atoms with Crippen molar-refractivity contribution in [1.82, 2.24) is 15.5 Å². The molecule has 0 spiro atoms. The number of carbonyl (C=O) groups is 1. The van der Waals surface area contributed by atoms with Crippen molar-refractivity contribution < 1.29 is 4.79 Å². The lowest BCUT2D eigenvalue weighted by molar-refractivity contribution is -0.132. The molecule has 0 radical (unpaired) electrons. The van der Waals surface area contributed by atoms with Crippen LogP contribution in [0.3, 0.4) is 0 Å². The van der Waals surface area contributed by atoms with E-state index in [2.05, 4.69) is 22.5 Å². The van der Waals surface area contributed by atoms with E-state index in [1.54, 1.807) is 0 Å². The predicted octanol–water partition coefficient (Wildman–Crippen LogP) is 1.12. The van der Waals surface area contributed by atoms with Gasteiger partial charge < -0.3 is 15.5 Å². The average Bonchev–Trinajstić information content (AvgIpc) is 3.25. The molecule has 0 bridgehead atoms. The summed E-state index contributed by atoms with van der Waals surface area (Å²) in [6, 6.07) is 1.28. The van der Waals surface area contributed by atoms with E-state index in [1.807, 2.05) is 0 Å². The zero-order valence-electron chi connectivity index (χ0n) is 12.1. The molecule has 19 heavy (non-hydrogen) atoms. The van der Waals surface area contributed by atoms with Crippen LogP contribution in [0, 0.1) is 5.41 Å². The highest BCUT2D eigenvalue weighted by Gasteiger charge is 2.37. The van der Waals surface area contributed by atoms with Gasteiger partial charge in [-0.3, -0.25) is 4.79 Å². The minimum atomic E-state index is -0.189. The van der Waals surface area contributed by atoms with E-state index < -0.39 is 0 Å². The maximum atomic E-state index is 12.5. The Morgan fingerprint density at radius 3 is 2.58 bits per heavy atom. The molecule has 4 heteroatoms. The maximum Gasteiger partial charge on any atom is 0.227 e. The summed E-state index contributed by atoms with van der Waals surface area (Å²) in [5.74, 6) is 0.268. The van der Waals surface area contributed by atoms with Gasteiger partial charge in [0.2, 0.25) is 5.91 Å². The molecule has 3 rings (SSSR count). The number of likely N-dealkylation sites (tertiary alicyclic amines) is 1. The molecule has 0 aromatic carbocycles. The lowest BCUT2D eigenvalue weighted by Crippen LogP contribution is -2.53. The van der Waals surface area contributed by atoms with E-state index in [4.69, 9.17) is 0 Å². The molecule has 0 aromatic heterocycles. The molecule has 2 aliphatic heterocycles. The highest BCUT2D eigenvalue weighted by molar-refractivity contribution is 5.82. The second kappa shape index (κ2) is 5.41. The molecule has 1 amide bonds. The lowest BCUT2D eigenvalue weighted by Gasteiger charge is -2.37. The number of hydrogen-bond acceptors (Lipinski definition) is 3. The van der Waals surface area contributed by atoms with Crippen molar-refractivity contribution in [3.05, 3.63) is 0 Å². The summed E-state index contributed by atoms with van der Waals surface area (Å²) in [5, 5.41) is 6.66. The second-order valence-electron chi connectivity index (χ2n) is 6.86. The van der Waals surface area contributed by atoms with E-state index in [0.29, 0.717) is 6.04 Å². The number of hydrogen-bond donors (Lipinski definition) is 2. The highest BCUT2D eigenvalue weighted by atomic mass is 16.2. The molecule has 1 saturated carbocycles. The fourth-order valence-electron chi connectivity index (χ4n) is 3.46. The third-order valence-corrected chi connectivity index (χ3v) is 5.07. The summed E-state index contributed by atoms with van der Waals surface area (Å²) >= 11 is 0. The Hall–Kier alpha value is -0.610. The van der Waals surface area contributed by atoms with E-state index >= 15 is 0 Å². The molecule has 2 heterocycles. The van der Waals surface area contributed by atoms with E-state index in [1.165, 1.54) is 25.9 Å². The highest BCUT2D eigenvalue weighted by Crippen LogP contribution is 2.30. The summed E-state index contributed by atoms with van der Waals surface area (Å²) in [6.45, 7) is 6.34. The van der Waals surface area contributed by atoms with Gasteiger partial charge in [-0.05, 0) is 52.0 Å². The van der Waals surface area contributed by atoms with Crippen molar-refractivity contribution in [2.45, 2.75) is 57.5 Å². The molecule has 2 saturated heterocycles. The van der Waals surface area contributed by atoms with Crippen LogP contribution < -0.4 is 10.6 Å². The normalized spacial score (nSPS) is 34.2. The zero-order chi connectivity index (χ0) is 13.3. The van der Waals surface area contributed by atoms with Gasteiger partial charge in [0.05, 0.1) is 5.41 Å². The summed E-state index contributed by atoms with van der Waals surface area (Å²) in [4.78, 5) is 15.1. The van der Waals surface area contributed by atoms with Crippen LogP contribution in [0.4, 0.5) is 0 Å². The zero-order valence-corrected chi connectivity index (χ0v) is 12.1. The maximum absolute atomic E-state index is 12.5. The molecule has 3 fully saturated rings. The van der Waals surface area contributed by atoms with Crippen LogP contribution in [0.25, 0.3) is 0 Å². The fraction of sp³-hybridized carbons (Fsp3) is 0.933. The van der Waals surface area contributed by atoms with Crippen molar-refractivity contribution in [3.63, 3.8) is 0 Å². The monoisotopic (exact) mass is 265 g/mol. The van der Waals surface area contributed by atoms with Crippen LogP contribution in [-0.2, 0) is 4.79 Å². The van der Waals surface area contributed by atoms with Gasteiger partial charge in [0.15, 0.2) is 0 Å². The molecule has 3 aliphatic rings. The average molecular weight is 265 g/mol. The smallest absolute Gasteiger partial charge is 0.227 e. The Balaban J connectivity index is 1.47. The van der Waals surface area contributed by atoms with Gasteiger partial charge in [0.25, 0.3) is 0 Å². The summed E-state index contributed by atoms with van der Waals surface area (Å²) in [5.41, 5.74) is -0.189. The van der Waals surface area contributed by atoms with Gasteiger partial charge in [0.1, 0.15) is 0 Å². The standard InChI is InChI=1S/C15H27N3O/c1-15(7-2-8-16-11-15)14(19)17-12-5-9-18(10-6-12)13-3-4-13/h12-13,16H,2-11H2,1H3,(H,17,19). The molecule has 1 unspecified atom stereocenters. The summed E-state index contributed by atoms with van der Waals surface area (Å²) < 4.78 is 0. The van der Waals surface area contributed by atoms with Crippen molar-refractivity contribution in [2.24, 2.45) is 5.41 Å². The molecule has 4 nitrogen and oxygen atoms in total. The minimum absolute atomic E-state index is 0.189. The quantitative estimate of drug-likeness (QED) is 0.804. The molecule has 108 valence electrons. The van der Waals surface area contributed by atoms with Gasteiger partial charge in [-0.15, -0.1) is 0 Å². The SMILES string of the molecule is CC1(C(=O)NC2CCN(C3CC3)CC2)CCCNC1. The van der Waals surface area contributed by atoms with Crippen molar-refractivity contribution in [1.29, 1.82) is 0 Å². The first-order valence-corrected chi connectivity index (χ1v) is 7.93. The Morgan fingerprint density at radius 2 is 2.00 bits per heavy atom. The van der Waals surface area contributed by atoms with Gasteiger partial charge in [0, 0.05) is 31.7 Å². The van der Waals surface area contributed by atoms with Crippen LogP contribution in [0.2, 0.25) is 0 Å². The first kappa shape index (κ1) is 13.4. The predicted molar refractivity (Wildman–Crippen MR) is 76.0 cm³/mol. The molecule has 1 atom stereocenters. The molecule has 2 N–H and O–H groups in total. The molecular weight excluding hydrogens is 238 g/mol. The van der Waals surface area contributed by atoms with E-state index in [9.17, 15) is 4.79 Å². The minimum Gasteiger partial charge on any atom is -0.353 e. The van der Waals surface area contributed by atoms with E-state index in [-0.39, 0.29) is 11.3 Å². The lowest BCUT2D eigenvalue weighted by atomic mass is 9.81. The Kier molecular flexibility index (Phi) is 3.81. The molecule has 1 aliphatic carbocycles. The van der Waals surface area contributed by atoms with Crippen molar-refractivity contribution in [3.8, 4) is 0 Å². The first-order chi connectivity index (χ1) is 9.17. The first-order valence-electron chi connectivity index (χ1n) is 7.93. The van der Waals surface area contributed by atoms with Crippen molar-refractivity contribution >= 4 is 5.91 Å². The van der Waals surface area contributed by atoms with Gasteiger partial charge >= 0.3 is 0 Å². The van der Waals surface area contributed by atoms with Crippen LogP contribution in [-0.4, -0.2) is 49.1 Å². The Morgan fingerprint density at radius 1 is 1.26 bits per heavy atom. The van der Waals surface area contributed by atoms with Crippen LogP contribution in [0.1, 0.15) is 45.4 Å². The third-order valence-electron chi connectivity index (χ3n) is 5.07. The Bertz CT molecular complexity index is 326. The number of nitrogens with one attached hydrogen (secondary N) is 2. The Labute approximate surface area is 116 Å². The number of piperidine rings is 2. The second-order valence-corrected chi connectivity index (χ2v) is 6.86. The summed E-state index contributed by atoms with van der Waals surface area (Å²) in [7, 11) is 0. The summed E-state index contributed by atoms with van der Waals surface area (Å²) in [6.07, 6.45) is 7.18. The molecule has 0 aromatic rings. The number of amides is 1.